The maximum atomic E-state index is 13.8. The number of hydrogen-bond acceptors (Lipinski definition) is 13. The van der Waals surface area contributed by atoms with Crippen LogP contribution in [0.5, 0.6) is 0 Å². The summed E-state index contributed by atoms with van der Waals surface area (Å²) in [6.07, 6.45) is 6.37. The quantitative estimate of drug-likeness (QED) is 0.142. The van der Waals surface area contributed by atoms with Gasteiger partial charge in [-0.15, -0.1) is 0 Å². The third kappa shape index (κ3) is 9.45. The number of rotatable bonds is 18. The minimum atomic E-state index is -2.21. The topological polar surface area (TPSA) is 156 Å². The number of ketones is 1. The van der Waals surface area contributed by atoms with Crippen molar-refractivity contribution in [3.8, 4) is 0 Å². The largest absolute Gasteiger partial charge is 0.432 e. The lowest BCUT2D eigenvalue weighted by Gasteiger charge is -2.47. The van der Waals surface area contributed by atoms with Gasteiger partial charge in [-0.3, -0.25) is 4.79 Å². The molecule has 0 unspecified atom stereocenters. The van der Waals surface area contributed by atoms with Crippen LogP contribution in [0, 0.1) is 11.8 Å². The zero-order chi connectivity index (χ0) is 40.9. The number of methoxy groups -OCH3 is 1. The van der Waals surface area contributed by atoms with E-state index in [2.05, 4.69) is 20.1 Å². The molecule has 3 N–H and O–H groups in total. The molecule has 0 aromatic heterocycles. The molecule has 9 saturated heterocycles. The Morgan fingerprint density at radius 3 is 2.45 bits per heavy atom. The van der Waals surface area contributed by atoms with E-state index in [0.29, 0.717) is 63.8 Å². The van der Waals surface area contributed by atoms with E-state index in [-0.39, 0.29) is 103 Å². The van der Waals surface area contributed by atoms with Gasteiger partial charge < -0.3 is 57.9 Å². The molecule has 9 rings (SSSR count). The van der Waals surface area contributed by atoms with Crippen LogP contribution in [0.1, 0.15) is 90.9 Å². The fraction of sp³-hybridized carbons (Fsp3) is 0.886. The van der Waals surface area contributed by atoms with Gasteiger partial charge in [0.25, 0.3) is 0 Å². The SMILES string of the molecule is C=C1CO[C@@H](CC[C@@H]2O[C@@H](CC[C@@]34C[C@H]5O[C@@H]6[C@@H](O3)[C@H]3O[C@@H](CC(=O)C[C@@H]7[C@@H](OC)[C@@H](C[C@@H](CN)OCC[Si](C)(C)O)O[C@H]7C)CC[C@@H]3O[C@H]6[C@H]5O4)CC2=C)C[C@H]1C. The normalized spacial score (nSPS) is 45.2. The highest BCUT2D eigenvalue weighted by Gasteiger charge is 2.68. The summed E-state index contributed by atoms with van der Waals surface area (Å²) in [6.45, 7) is 18.0. The molecule has 0 aromatic carbocycles. The molecule has 0 amide bonds. The van der Waals surface area contributed by atoms with Crippen molar-refractivity contribution < 1.29 is 57.0 Å². The second kappa shape index (κ2) is 17.9. The van der Waals surface area contributed by atoms with Crippen LogP contribution in [0.3, 0.4) is 0 Å². The van der Waals surface area contributed by atoms with Crippen molar-refractivity contribution in [1.29, 1.82) is 0 Å². The molecule has 0 radical (unpaired) electrons. The Kier molecular flexibility index (Phi) is 13.5. The summed E-state index contributed by atoms with van der Waals surface area (Å²) in [4.78, 5) is 24.0. The van der Waals surface area contributed by atoms with Crippen molar-refractivity contribution in [2.24, 2.45) is 17.6 Å². The number of ether oxygens (including phenoxy) is 10. The Balaban J connectivity index is 0.835. The first kappa shape index (κ1) is 43.5. The van der Waals surface area contributed by atoms with Crippen LogP contribution >= 0.6 is 0 Å². The summed E-state index contributed by atoms with van der Waals surface area (Å²) < 4.78 is 64.9. The fourth-order valence-electron chi connectivity index (χ4n) is 11.1. The molecular weight excluding hydrogens is 763 g/mol. The number of Topliss-reactive ketones (excluding diaryl/α,β-unsaturated/α-hetero) is 1. The van der Waals surface area contributed by atoms with Crippen LogP contribution < -0.4 is 5.73 Å². The minimum Gasteiger partial charge on any atom is -0.432 e. The summed E-state index contributed by atoms with van der Waals surface area (Å²) in [5, 5.41) is 0. The average Bonchev–Trinajstić information content (AvgIpc) is 3.85. The van der Waals surface area contributed by atoms with Crippen LogP contribution in [0.4, 0.5) is 0 Å². The van der Waals surface area contributed by atoms with Crippen molar-refractivity contribution >= 4 is 14.1 Å². The number of nitrogens with two attached hydrogens (primary N) is 1. The lowest BCUT2D eigenvalue weighted by Crippen LogP contribution is -2.61. The number of hydrogen-bond donors (Lipinski definition) is 2. The van der Waals surface area contributed by atoms with E-state index >= 15 is 0 Å². The lowest BCUT2D eigenvalue weighted by molar-refractivity contribution is -0.292. The van der Waals surface area contributed by atoms with Crippen molar-refractivity contribution in [1.82, 2.24) is 0 Å². The molecule has 14 heteroatoms. The second-order valence-electron chi connectivity index (χ2n) is 19.5. The molecule has 9 aliphatic rings. The molecule has 58 heavy (non-hydrogen) atoms. The smallest absolute Gasteiger partial charge is 0.184 e. The second-order valence-corrected chi connectivity index (χ2v) is 23.7. The number of fused-ring (bicyclic) bond motifs is 1. The third-order valence-corrected chi connectivity index (χ3v) is 16.0. The monoisotopic (exact) mass is 833 g/mol. The molecule has 0 saturated carbocycles. The maximum absolute atomic E-state index is 13.8. The van der Waals surface area contributed by atoms with Gasteiger partial charge in [-0.2, -0.15) is 0 Å². The number of carbonyl (C=O) groups excluding carboxylic acids is 1. The van der Waals surface area contributed by atoms with E-state index in [1.807, 2.05) is 20.0 Å². The average molecular weight is 834 g/mol. The van der Waals surface area contributed by atoms with Gasteiger partial charge in [0, 0.05) is 58.3 Å². The van der Waals surface area contributed by atoms with Crippen LogP contribution in [-0.4, -0.2) is 143 Å². The van der Waals surface area contributed by atoms with Gasteiger partial charge in [0.05, 0.1) is 67.6 Å². The maximum Gasteiger partial charge on any atom is 0.184 e. The summed E-state index contributed by atoms with van der Waals surface area (Å²) in [6, 6.07) is 0.645. The van der Waals surface area contributed by atoms with Crippen LogP contribution in [0.25, 0.3) is 0 Å². The Hall–Kier alpha value is -1.11. The lowest BCUT2D eigenvalue weighted by atomic mass is 9.85. The molecule has 0 aromatic rings. The van der Waals surface area contributed by atoms with E-state index in [9.17, 15) is 9.59 Å². The molecule has 9 fully saturated rings. The summed E-state index contributed by atoms with van der Waals surface area (Å²) in [5.41, 5.74) is 8.41. The third-order valence-electron chi connectivity index (χ3n) is 14.5. The van der Waals surface area contributed by atoms with Crippen molar-refractivity contribution in [2.45, 2.75) is 207 Å². The predicted molar refractivity (Wildman–Crippen MR) is 217 cm³/mol. The van der Waals surface area contributed by atoms with Gasteiger partial charge in [0.15, 0.2) is 14.1 Å². The molecular formula is C44H71NO12Si. The van der Waals surface area contributed by atoms with E-state index in [4.69, 9.17) is 53.1 Å². The van der Waals surface area contributed by atoms with Crippen molar-refractivity contribution in [3.63, 3.8) is 0 Å². The molecule has 9 aliphatic heterocycles. The highest BCUT2D eigenvalue weighted by atomic mass is 28.4. The highest BCUT2D eigenvalue weighted by Crippen LogP contribution is 2.54. The van der Waals surface area contributed by atoms with Gasteiger partial charge in [-0.1, -0.05) is 20.1 Å². The van der Waals surface area contributed by atoms with E-state index in [0.717, 1.165) is 50.5 Å². The highest BCUT2D eigenvalue weighted by molar-refractivity contribution is 6.69. The van der Waals surface area contributed by atoms with Crippen molar-refractivity contribution in [2.75, 3.05) is 26.9 Å². The zero-order valence-corrected chi connectivity index (χ0v) is 36.6. The summed E-state index contributed by atoms with van der Waals surface area (Å²) in [5.74, 6) is -0.257. The first-order valence-corrected chi connectivity index (χ1v) is 25.5. The van der Waals surface area contributed by atoms with Gasteiger partial charge in [0.1, 0.15) is 36.3 Å². The molecule has 0 spiro atoms. The number of carbonyl (C=O) groups is 1. The molecule has 18 atom stereocenters. The standard InChI is InChI=1S/C44H71NO12Si/c1-24-16-29(50-23-26(24)3)8-10-34-25(2)17-31(52-34)12-13-44-21-37-40(56-44)41-42(55-37)43(57-44)39-35(54-41)11-9-30(53-39)18-28(46)19-33-27(4)51-36(38(33)48-5)20-32(22-45)49-14-15-58(6,7)47/h24,27,29-43,47H,2-3,8-23,45H2,1,4-7H3/t24-,27+,29+,30-,31+,32+,33+,34+,35+,36-,37-,38-,39+,40+,41+,42+,43+,44+/m1/s1. The molecule has 9 heterocycles. The van der Waals surface area contributed by atoms with E-state index in [1.54, 1.807) is 7.11 Å². The minimum absolute atomic E-state index is 0.0462. The Bertz CT molecular complexity index is 1480. The fourth-order valence-corrected chi connectivity index (χ4v) is 11.8. The predicted octanol–water partition coefficient (Wildman–Crippen LogP) is 4.91. The van der Waals surface area contributed by atoms with Crippen LogP contribution in [-0.2, 0) is 52.2 Å². The summed E-state index contributed by atoms with van der Waals surface area (Å²) in [7, 11) is -0.534. The van der Waals surface area contributed by atoms with Gasteiger partial charge in [-0.25, -0.2) is 0 Å². The van der Waals surface area contributed by atoms with Gasteiger partial charge in [-0.05, 0) is 88.1 Å². The molecule has 0 aliphatic carbocycles. The first-order chi connectivity index (χ1) is 27.7. The van der Waals surface area contributed by atoms with Crippen molar-refractivity contribution in [3.05, 3.63) is 24.3 Å². The Morgan fingerprint density at radius 2 is 1.69 bits per heavy atom. The summed E-state index contributed by atoms with van der Waals surface area (Å²) >= 11 is 0. The van der Waals surface area contributed by atoms with Gasteiger partial charge >= 0.3 is 0 Å². The van der Waals surface area contributed by atoms with Gasteiger partial charge in [0.2, 0.25) is 0 Å². The zero-order valence-electron chi connectivity index (χ0n) is 35.6. The molecule has 328 valence electrons. The molecule has 6 bridgehead atoms. The first-order valence-electron chi connectivity index (χ1n) is 22.4. The van der Waals surface area contributed by atoms with Crippen LogP contribution in [0.15, 0.2) is 24.3 Å². The van der Waals surface area contributed by atoms with E-state index < -0.39 is 14.1 Å². The van der Waals surface area contributed by atoms with E-state index in [1.165, 1.54) is 5.57 Å². The Morgan fingerprint density at radius 1 is 0.914 bits per heavy atom. The Labute approximate surface area is 346 Å². The van der Waals surface area contributed by atoms with Crippen LogP contribution in [0.2, 0.25) is 19.1 Å². The molecule has 13 nitrogen and oxygen atoms in total.